The number of rotatable bonds is 5. The maximum Gasteiger partial charge on any atom is 0.0897 e. The molecule has 2 fully saturated rings. The number of nitrogens with zero attached hydrogens (tertiary/aromatic N) is 1. The van der Waals surface area contributed by atoms with E-state index in [0.717, 1.165) is 37.0 Å². The third-order valence-corrected chi connectivity index (χ3v) is 5.35. The molecule has 2 saturated carbocycles. The van der Waals surface area contributed by atoms with Gasteiger partial charge in [0, 0.05) is 5.92 Å². The Labute approximate surface area is 123 Å². The van der Waals surface area contributed by atoms with Crippen LogP contribution in [0.5, 0.6) is 0 Å². The Bertz CT molecular complexity index is 328. The Hall–Kier alpha value is -0.840. The van der Waals surface area contributed by atoms with Crippen LogP contribution in [0, 0.1) is 35.0 Å². The molecular weight excluding hydrogens is 249 g/mol. The van der Waals surface area contributed by atoms with Crippen molar-refractivity contribution in [2.24, 2.45) is 23.7 Å². The molecule has 1 nitrogen and oxygen atoms in total. The first kappa shape index (κ1) is 15.5. The number of unbranched alkanes of at least 4 members (excludes halogenated alkanes) is 1. The maximum absolute atomic E-state index is 12.0. The van der Waals surface area contributed by atoms with Crippen LogP contribution >= 0.6 is 0 Å². The van der Waals surface area contributed by atoms with Crippen molar-refractivity contribution in [3.05, 3.63) is 12.2 Å². The van der Waals surface area contributed by atoms with E-state index >= 15 is 0 Å². The number of alkyl halides is 1. The second kappa shape index (κ2) is 8.45. The second-order valence-electron chi connectivity index (χ2n) is 6.68. The lowest BCUT2D eigenvalue weighted by atomic mass is 9.69. The minimum atomic E-state index is -0.192. The lowest BCUT2D eigenvalue weighted by Gasteiger charge is -2.36. The third kappa shape index (κ3) is 4.62. The van der Waals surface area contributed by atoms with Crippen molar-refractivity contribution in [1.82, 2.24) is 0 Å². The predicted octanol–water partition coefficient (Wildman–Crippen LogP) is 5.43. The highest BCUT2D eigenvalue weighted by Crippen LogP contribution is 2.41. The summed E-state index contributed by atoms with van der Waals surface area (Å²) in [5.41, 5.74) is 0. The van der Waals surface area contributed by atoms with Gasteiger partial charge in [0.25, 0.3) is 0 Å². The molecule has 0 aliphatic heterocycles. The topological polar surface area (TPSA) is 23.8 Å². The summed E-state index contributed by atoms with van der Waals surface area (Å²) < 4.78 is 12.0. The van der Waals surface area contributed by atoms with Crippen molar-refractivity contribution in [3.8, 4) is 6.07 Å². The van der Waals surface area contributed by atoms with Crippen molar-refractivity contribution in [2.75, 3.05) is 6.67 Å². The molecule has 0 bridgehead atoms. The van der Waals surface area contributed by atoms with Gasteiger partial charge in [0.15, 0.2) is 0 Å². The van der Waals surface area contributed by atoms with Crippen LogP contribution in [-0.2, 0) is 0 Å². The van der Waals surface area contributed by atoms with Crippen molar-refractivity contribution in [1.29, 1.82) is 5.26 Å². The summed E-state index contributed by atoms with van der Waals surface area (Å²) in [6.45, 7) is -0.192. The molecule has 20 heavy (non-hydrogen) atoms. The van der Waals surface area contributed by atoms with Crippen molar-refractivity contribution < 1.29 is 4.39 Å². The zero-order valence-corrected chi connectivity index (χ0v) is 12.6. The molecule has 2 rings (SSSR count). The first-order valence-electron chi connectivity index (χ1n) is 8.45. The fourth-order valence-electron chi connectivity index (χ4n) is 4.01. The molecule has 0 aromatic carbocycles. The van der Waals surface area contributed by atoms with Gasteiger partial charge in [0.2, 0.25) is 0 Å². The number of halogens is 1. The Balaban J connectivity index is 1.67. The molecule has 0 unspecified atom stereocenters. The van der Waals surface area contributed by atoms with Gasteiger partial charge in [0.05, 0.1) is 12.7 Å². The highest BCUT2D eigenvalue weighted by Gasteiger charge is 2.30. The monoisotopic (exact) mass is 277 g/mol. The average molecular weight is 277 g/mol. The van der Waals surface area contributed by atoms with Crippen LogP contribution in [-0.4, -0.2) is 6.67 Å². The molecule has 0 spiro atoms. The van der Waals surface area contributed by atoms with Gasteiger partial charge < -0.3 is 0 Å². The van der Waals surface area contributed by atoms with Gasteiger partial charge >= 0.3 is 0 Å². The molecule has 0 N–H and O–H groups in total. The zero-order chi connectivity index (χ0) is 14.2. The fraction of sp³-hybridized carbons (Fsp3) is 0.833. The van der Waals surface area contributed by atoms with E-state index in [4.69, 9.17) is 5.26 Å². The lowest BCUT2D eigenvalue weighted by molar-refractivity contribution is 0.168. The van der Waals surface area contributed by atoms with E-state index in [1.165, 1.54) is 38.5 Å². The molecule has 112 valence electrons. The first-order chi connectivity index (χ1) is 9.83. The highest BCUT2D eigenvalue weighted by molar-refractivity contribution is 4.93. The largest absolute Gasteiger partial charge is 0.251 e. The minimum absolute atomic E-state index is 0.192. The summed E-state index contributed by atoms with van der Waals surface area (Å²) in [5.74, 6) is 2.86. The molecule has 0 aromatic rings. The average Bonchev–Trinajstić information content (AvgIpc) is 2.52. The Morgan fingerprint density at radius 1 is 0.950 bits per heavy atom. The predicted molar refractivity (Wildman–Crippen MR) is 80.9 cm³/mol. The summed E-state index contributed by atoms with van der Waals surface area (Å²) in [6, 6.07) is 2.43. The summed E-state index contributed by atoms with van der Waals surface area (Å²) in [6.07, 6.45) is 16.3. The number of nitriles is 1. The van der Waals surface area contributed by atoms with Gasteiger partial charge in [-0.1, -0.05) is 12.2 Å². The lowest BCUT2D eigenvalue weighted by Crippen LogP contribution is -2.25. The minimum Gasteiger partial charge on any atom is -0.251 e. The van der Waals surface area contributed by atoms with E-state index in [1.54, 1.807) is 0 Å². The fourth-order valence-corrected chi connectivity index (χ4v) is 4.01. The standard InChI is InChI=1S/C18H28FN/c19-13-3-1-2-4-15-5-9-17(10-6-15)18-11-7-16(14-20)8-12-18/h2,4,15-18H,1,3,5-13H2/b4-2+. The summed E-state index contributed by atoms with van der Waals surface area (Å²) >= 11 is 0. The Morgan fingerprint density at radius 2 is 1.55 bits per heavy atom. The third-order valence-electron chi connectivity index (χ3n) is 5.35. The van der Waals surface area contributed by atoms with Gasteiger partial charge in [0.1, 0.15) is 0 Å². The van der Waals surface area contributed by atoms with Gasteiger partial charge in [-0.2, -0.15) is 5.26 Å². The molecule has 2 heteroatoms. The van der Waals surface area contributed by atoms with Crippen LogP contribution in [0.15, 0.2) is 12.2 Å². The molecule has 0 amide bonds. The van der Waals surface area contributed by atoms with Gasteiger partial charge in [-0.25, -0.2) is 0 Å². The summed E-state index contributed by atoms with van der Waals surface area (Å²) in [4.78, 5) is 0. The molecule has 0 aromatic heterocycles. The molecule has 0 radical (unpaired) electrons. The number of allylic oxidation sites excluding steroid dienone is 2. The van der Waals surface area contributed by atoms with Crippen molar-refractivity contribution >= 4 is 0 Å². The quantitative estimate of drug-likeness (QED) is 0.485. The van der Waals surface area contributed by atoms with E-state index < -0.39 is 0 Å². The van der Waals surface area contributed by atoms with E-state index in [0.29, 0.717) is 12.3 Å². The number of hydrogen-bond donors (Lipinski definition) is 0. The highest BCUT2D eigenvalue weighted by atomic mass is 19.1. The normalized spacial score (nSPS) is 35.0. The van der Waals surface area contributed by atoms with Crippen LogP contribution in [0.3, 0.4) is 0 Å². The van der Waals surface area contributed by atoms with Crippen LogP contribution < -0.4 is 0 Å². The molecule has 0 saturated heterocycles. The maximum atomic E-state index is 12.0. The SMILES string of the molecule is N#CC1CCC(C2CCC(/C=C/CCCF)CC2)CC1. The first-order valence-corrected chi connectivity index (χ1v) is 8.45. The van der Waals surface area contributed by atoms with E-state index in [1.807, 2.05) is 0 Å². The van der Waals surface area contributed by atoms with Crippen LogP contribution in [0.4, 0.5) is 4.39 Å². The number of hydrogen-bond acceptors (Lipinski definition) is 1. The Kier molecular flexibility index (Phi) is 6.57. The van der Waals surface area contributed by atoms with Crippen LogP contribution in [0.1, 0.15) is 64.2 Å². The second-order valence-corrected chi connectivity index (χ2v) is 6.68. The zero-order valence-electron chi connectivity index (χ0n) is 12.6. The molecule has 0 atom stereocenters. The molecule has 2 aliphatic rings. The molecule has 2 aliphatic carbocycles. The molecular formula is C18H28FN. The van der Waals surface area contributed by atoms with Gasteiger partial charge in [-0.15, -0.1) is 0 Å². The van der Waals surface area contributed by atoms with Crippen LogP contribution in [0.2, 0.25) is 0 Å². The smallest absolute Gasteiger partial charge is 0.0897 e. The van der Waals surface area contributed by atoms with Gasteiger partial charge in [-0.3, -0.25) is 4.39 Å². The summed E-state index contributed by atoms with van der Waals surface area (Å²) in [7, 11) is 0. The molecule has 0 heterocycles. The summed E-state index contributed by atoms with van der Waals surface area (Å²) in [5, 5.41) is 8.96. The van der Waals surface area contributed by atoms with E-state index in [-0.39, 0.29) is 6.67 Å². The van der Waals surface area contributed by atoms with Crippen molar-refractivity contribution in [3.63, 3.8) is 0 Å². The van der Waals surface area contributed by atoms with Gasteiger partial charge in [-0.05, 0) is 82.0 Å². The van der Waals surface area contributed by atoms with E-state index in [2.05, 4.69) is 18.2 Å². The van der Waals surface area contributed by atoms with Crippen LogP contribution in [0.25, 0.3) is 0 Å². The van der Waals surface area contributed by atoms with E-state index in [9.17, 15) is 4.39 Å². The van der Waals surface area contributed by atoms with Crippen molar-refractivity contribution in [2.45, 2.75) is 64.2 Å². The Morgan fingerprint density at radius 3 is 2.10 bits per heavy atom.